The minimum atomic E-state index is 0. The summed E-state index contributed by atoms with van der Waals surface area (Å²) in [5, 5.41) is 13.4. The van der Waals surface area contributed by atoms with Crippen LogP contribution in [-0.2, 0) is 0 Å². The molecule has 0 aliphatic heterocycles. The number of aromatic hydroxyl groups is 1. The molecule has 0 saturated heterocycles. The number of hydrogen-bond donors (Lipinski definition) is 1. The number of aromatic amines is 1. The standard InChI is InChI=1S/C12H9NO2.C11H7NO2.C5H5N.ClH/c1-14-10-6-2-4-8-9-5-3-7-13-12(9)15-11(8)10;13-9-5-1-3-7-8-4-2-6-12-11(8)14-10(7)9;1-2-4-6-5-3-1;/h2-7H,1H3;1-6,13H;1-5H;1H. The molecule has 5 heterocycles. The molecule has 0 atom stereocenters. The van der Waals surface area contributed by atoms with Crippen LogP contribution in [0.25, 0.3) is 44.1 Å². The lowest BCUT2D eigenvalue weighted by atomic mass is 10.2. The van der Waals surface area contributed by atoms with Crippen LogP contribution < -0.4 is 22.1 Å². The molecular weight excluding hydrogens is 478 g/mol. The molecule has 5 aromatic heterocycles. The van der Waals surface area contributed by atoms with E-state index in [0.29, 0.717) is 17.0 Å². The topological polar surface area (TPSA) is 95.7 Å². The van der Waals surface area contributed by atoms with Crippen LogP contribution in [0.4, 0.5) is 0 Å². The van der Waals surface area contributed by atoms with Gasteiger partial charge in [-0.25, -0.2) is 15.0 Å². The van der Waals surface area contributed by atoms with E-state index in [9.17, 15) is 5.11 Å². The zero-order chi connectivity index (χ0) is 24.0. The number of aromatic nitrogens is 3. The van der Waals surface area contributed by atoms with Crippen LogP contribution in [0.2, 0.25) is 0 Å². The van der Waals surface area contributed by atoms with E-state index in [1.807, 2.05) is 79.1 Å². The van der Waals surface area contributed by atoms with E-state index in [-0.39, 0.29) is 18.2 Å². The van der Waals surface area contributed by atoms with Gasteiger partial charge in [0, 0.05) is 46.1 Å². The molecule has 0 bridgehead atoms. The van der Waals surface area contributed by atoms with Crippen LogP contribution in [0, 0.1) is 0 Å². The van der Waals surface area contributed by atoms with Crippen molar-refractivity contribution in [2.45, 2.75) is 0 Å². The van der Waals surface area contributed by atoms with Gasteiger partial charge in [-0.05, 0) is 36.4 Å². The first-order chi connectivity index (χ1) is 17.3. The molecule has 0 fully saturated rings. The third-order valence-corrected chi connectivity index (χ3v) is 5.32. The van der Waals surface area contributed by atoms with Gasteiger partial charge in [0.15, 0.2) is 35.1 Å². The van der Waals surface area contributed by atoms with E-state index in [4.69, 9.17) is 13.6 Å². The van der Waals surface area contributed by atoms with Crippen molar-refractivity contribution in [1.29, 1.82) is 0 Å². The van der Waals surface area contributed by atoms with E-state index < -0.39 is 0 Å². The first-order valence-corrected chi connectivity index (χ1v) is 10.9. The fourth-order valence-corrected chi connectivity index (χ4v) is 3.73. The molecule has 7 nitrogen and oxygen atoms in total. The summed E-state index contributed by atoms with van der Waals surface area (Å²) in [5.41, 5.74) is 2.47. The maximum Gasteiger partial charge on any atom is 0.227 e. The van der Waals surface area contributed by atoms with Gasteiger partial charge in [0.25, 0.3) is 0 Å². The molecule has 0 spiro atoms. The number of rotatable bonds is 1. The van der Waals surface area contributed by atoms with E-state index in [1.165, 1.54) is 0 Å². The largest absolute Gasteiger partial charge is 1.00 e. The van der Waals surface area contributed by atoms with Gasteiger partial charge in [0.05, 0.1) is 7.11 Å². The van der Waals surface area contributed by atoms with Gasteiger partial charge >= 0.3 is 0 Å². The van der Waals surface area contributed by atoms with Crippen molar-refractivity contribution in [2.24, 2.45) is 0 Å². The fourth-order valence-electron chi connectivity index (χ4n) is 3.73. The number of H-pyrrole nitrogens is 1. The van der Waals surface area contributed by atoms with Crippen LogP contribution >= 0.6 is 0 Å². The molecule has 7 rings (SSSR count). The number of pyridine rings is 3. The molecular formula is C28H22ClN3O4. The fraction of sp³-hybridized carbons (Fsp3) is 0.0357. The van der Waals surface area contributed by atoms with Gasteiger partial charge in [-0.3, -0.25) is 0 Å². The van der Waals surface area contributed by atoms with Gasteiger partial charge in [0.1, 0.15) is 0 Å². The van der Waals surface area contributed by atoms with Crippen molar-refractivity contribution in [3.63, 3.8) is 0 Å². The average molecular weight is 500 g/mol. The Morgan fingerprint density at radius 1 is 0.667 bits per heavy atom. The number of nitrogens with zero attached hydrogens (tertiary/aromatic N) is 2. The second-order valence-corrected chi connectivity index (χ2v) is 7.48. The van der Waals surface area contributed by atoms with E-state index in [1.54, 1.807) is 31.6 Å². The minimum absolute atomic E-state index is 0. The monoisotopic (exact) mass is 499 g/mol. The predicted octanol–water partition coefficient (Wildman–Crippen LogP) is 3.18. The first-order valence-electron chi connectivity index (χ1n) is 10.9. The summed E-state index contributed by atoms with van der Waals surface area (Å²) in [5.74, 6) is 0.894. The molecule has 0 amide bonds. The van der Waals surface area contributed by atoms with Gasteiger partial charge < -0.3 is 31.1 Å². The average Bonchev–Trinajstić information content (AvgIpc) is 3.50. The SMILES string of the molecule is COc1cccc2c1oc1ncccc12.Oc1cccc2c1oc1ncccc12.[Cl-].c1cc[nH+]cc1. The highest BCUT2D eigenvalue weighted by Crippen LogP contribution is 2.33. The number of phenols is 1. The number of methoxy groups -OCH3 is 1. The number of nitrogens with one attached hydrogen (secondary N) is 1. The number of furan rings is 2. The summed E-state index contributed by atoms with van der Waals surface area (Å²) in [6, 6.07) is 24.7. The smallest absolute Gasteiger partial charge is 0.227 e. The Hall–Kier alpha value is -4.62. The maximum atomic E-state index is 9.55. The number of ether oxygens (including phenoxy) is 1. The summed E-state index contributed by atoms with van der Waals surface area (Å²) in [7, 11) is 1.63. The molecule has 0 aliphatic rings. The van der Waals surface area contributed by atoms with Gasteiger partial charge in [-0.1, -0.05) is 30.3 Å². The summed E-state index contributed by atoms with van der Waals surface area (Å²) in [4.78, 5) is 11.1. The van der Waals surface area contributed by atoms with E-state index in [2.05, 4.69) is 15.0 Å². The van der Waals surface area contributed by atoms with E-state index >= 15 is 0 Å². The lowest BCUT2D eigenvalue weighted by Crippen LogP contribution is -3.00. The Labute approximate surface area is 212 Å². The van der Waals surface area contributed by atoms with Crippen LogP contribution in [0.15, 0.2) is 112 Å². The molecule has 2 N–H and O–H groups in total. The Morgan fingerprint density at radius 3 is 1.78 bits per heavy atom. The van der Waals surface area contributed by atoms with Crippen molar-refractivity contribution in [1.82, 2.24) is 9.97 Å². The number of phenolic OH excluding ortho intramolecular Hbond substituents is 1. The summed E-state index contributed by atoms with van der Waals surface area (Å²) >= 11 is 0. The van der Waals surface area contributed by atoms with Crippen LogP contribution in [0.3, 0.4) is 0 Å². The zero-order valence-electron chi connectivity index (χ0n) is 19.3. The number of hydrogen-bond acceptors (Lipinski definition) is 6. The van der Waals surface area contributed by atoms with Gasteiger partial charge in [-0.2, -0.15) is 0 Å². The van der Waals surface area contributed by atoms with Crippen molar-refractivity contribution >= 4 is 44.1 Å². The molecule has 8 heteroatoms. The van der Waals surface area contributed by atoms with Crippen molar-refractivity contribution in [2.75, 3.05) is 7.11 Å². The molecule has 0 unspecified atom stereocenters. The Balaban J connectivity index is 0.000000135. The highest BCUT2D eigenvalue weighted by Gasteiger charge is 2.11. The lowest BCUT2D eigenvalue weighted by molar-refractivity contribution is -0.377. The molecule has 0 saturated carbocycles. The number of halogens is 1. The van der Waals surface area contributed by atoms with Gasteiger partial charge in [-0.15, -0.1) is 0 Å². The quantitative estimate of drug-likeness (QED) is 0.373. The summed E-state index contributed by atoms with van der Waals surface area (Å²) in [6.07, 6.45) is 7.14. The molecule has 0 aliphatic carbocycles. The maximum absolute atomic E-state index is 9.55. The van der Waals surface area contributed by atoms with E-state index in [0.717, 1.165) is 32.9 Å². The molecule has 36 heavy (non-hydrogen) atoms. The second kappa shape index (κ2) is 11.2. The molecule has 7 aromatic rings. The number of fused-ring (bicyclic) bond motifs is 6. The van der Waals surface area contributed by atoms with Crippen molar-refractivity contribution < 1.29 is 36.1 Å². The lowest BCUT2D eigenvalue weighted by Gasteiger charge is -1.97. The first kappa shape index (κ1) is 24.5. The minimum Gasteiger partial charge on any atom is -1.00 e. The number of benzene rings is 2. The third kappa shape index (κ3) is 4.92. The van der Waals surface area contributed by atoms with Gasteiger partial charge in [0.2, 0.25) is 11.4 Å². The molecule has 180 valence electrons. The summed E-state index contributed by atoms with van der Waals surface area (Å²) < 4.78 is 16.3. The highest BCUT2D eigenvalue weighted by atomic mass is 35.5. The zero-order valence-corrected chi connectivity index (χ0v) is 20.0. The van der Waals surface area contributed by atoms with Crippen molar-refractivity contribution in [3.8, 4) is 11.5 Å². The van der Waals surface area contributed by atoms with Crippen LogP contribution in [0.1, 0.15) is 0 Å². The third-order valence-electron chi connectivity index (χ3n) is 5.32. The number of para-hydroxylation sites is 2. The molecule has 2 aromatic carbocycles. The van der Waals surface area contributed by atoms with Crippen LogP contribution in [0.5, 0.6) is 11.5 Å². The van der Waals surface area contributed by atoms with Crippen molar-refractivity contribution in [3.05, 3.63) is 104 Å². The Bertz CT molecular complexity index is 1690. The normalized spacial score (nSPS) is 10.2. The Kier molecular flexibility index (Phi) is 7.63. The summed E-state index contributed by atoms with van der Waals surface area (Å²) in [6.45, 7) is 0. The van der Waals surface area contributed by atoms with Crippen LogP contribution in [-0.4, -0.2) is 22.2 Å². The predicted molar refractivity (Wildman–Crippen MR) is 134 cm³/mol. The Morgan fingerprint density at radius 2 is 1.22 bits per heavy atom. The molecule has 0 radical (unpaired) electrons. The highest BCUT2D eigenvalue weighted by molar-refractivity contribution is 6.06. The second-order valence-electron chi connectivity index (χ2n) is 7.48.